The smallest absolute Gasteiger partial charge is 0.162 e. The summed E-state index contributed by atoms with van der Waals surface area (Å²) in [6, 6.07) is 12.4. The van der Waals surface area contributed by atoms with Gasteiger partial charge < -0.3 is 24.6 Å². The number of piperazine rings is 1. The molecule has 3 heterocycles. The van der Waals surface area contributed by atoms with E-state index in [1.165, 1.54) is 5.69 Å². The van der Waals surface area contributed by atoms with Crippen LogP contribution in [0.3, 0.4) is 0 Å². The molecule has 1 fully saturated rings. The van der Waals surface area contributed by atoms with Gasteiger partial charge in [-0.1, -0.05) is 0 Å². The molecule has 0 spiro atoms. The van der Waals surface area contributed by atoms with Gasteiger partial charge in [-0.15, -0.1) is 0 Å². The van der Waals surface area contributed by atoms with Gasteiger partial charge in [-0.05, 0) is 37.4 Å². The largest absolute Gasteiger partial charge is 0.493 e. The maximum atomic E-state index is 5.49. The Labute approximate surface area is 180 Å². The van der Waals surface area contributed by atoms with Crippen molar-refractivity contribution in [2.75, 3.05) is 57.7 Å². The minimum Gasteiger partial charge on any atom is -0.493 e. The average molecular weight is 419 g/mol. The van der Waals surface area contributed by atoms with Crippen molar-refractivity contribution in [3.05, 3.63) is 42.6 Å². The molecule has 0 atom stereocenters. The van der Waals surface area contributed by atoms with Crippen molar-refractivity contribution in [2.45, 2.75) is 0 Å². The fourth-order valence-electron chi connectivity index (χ4n) is 4.08. The Kier molecular flexibility index (Phi) is 4.99. The topological polar surface area (TPSA) is 78.5 Å². The first-order chi connectivity index (χ1) is 15.2. The Morgan fingerprint density at radius 3 is 2.39 bits per heavy atom. The van der Waals surface area contributed by atoms with Crippen LogP contribution in [0.5, 0.6) is 11.5 Å². The van der Waals surface area contributed by atoms with Crippen molar-refractivity contribution >= 4 is 39.0 Å². The molecule has 5 rings (SSSR count). The van der Waals surface area contributed by atoms with Crippen molar-refractivity contribution in [1.29, 1.82) is 0 Å². The van der Waals surface area contributed by atoms with Crippen LogP contribution in [0.15, 0.2) is 42.6 Å². The number of nitrogens with one attached hydrogen (secondary N) is 2. The van der Waals surface area contributed by atoms with Gasteiger partial charge in [0.25, 0.3) is 0 Å². The van der Waals surface area contributed by atoms with Crippen LogP contribution in [0.4, 0.5) is 17.2 Å². The predicted molar refractivity (Wildman–Crippen MR) is 124 cm³/mol. The molecule has 0 aliphatic carbocycles. The molecule has 8 heteroatoms. The van der Waals surface area contributed by atoms with E-state index < -0.39 is 0 Å². The van der Waals surface area contributed by atoms with Crippen molar-refractivity contribution in [1.82, 2.24) is 20.1 Å². The molecule has 8 nitrogen and oxygen atoms in total. The molecule has 0 radical (unpaired) electrons. The van der Waals surface area contributed by atoms with E-state index in [1.54, 1.807) is 20.4 Å². The van der Waals surface area contributed by atoms with Gasteiger partial charge in [-0.25, -0.2) is 0 Å². The molecule has 0 unspecified atom stereocenters. The zero-order valence-electron chi connectivity index (χ0n) is 18.0. The number of anilines is 3. The zero-order chi connectivity index (χ0) is 21.4. The summed E-state index contributed by atoms with van der Waals surface area (Å²) in [6.45, 7) is 4.29. The van der Waals surface area contributed by atoms with E-state index >= 15 is 0 Å². The Bertz CT molecular complexity index is 1210. The Morgan fingerprint density at radius 1 is 0.968 bits per heavy atom. The van der Waals surface area contributed by atoms with Gasteiger partial charge in [0.2, 0.25) is 0 Å². The number of hydrogen-bond acceptors (Lipinski definition) is 7. The van der Waals surface area contributed by atoms with Crippen LogP contribution in [0.2, 0.25) is 0 Å². The van der Waals surface area contributed by atoms with Gasteiger partial charge in [0, 0.05) is 49.0 Å². The molecule has 2 aromatic carbocycles. The molecule has 1 aliphatic heterocycles. The minimum absolute atomic E-state index is 0.652. The highest BCUT2D eigenvalue weighted by Crippen LogP contribution is 2.37. The summed E-state index contributed by atoms with van der Waals surface area (Å²) >= 11 is 0. The quantitative estimate of drug-likeness (QED) is 0.512. The molecular formula is C23H26N6O2. The molecule has 2 aromatic heterocycles. The molecule has 0 amide bonds. The Balaban J connectivity index is 1.47. The molecule has 2 N–H and O–H groups in total. The fraction of sp³-hybridized carbons (Fsp3) is 0.304. The summed E-state index contributed by atoms with van der Waals surface area (Å²) in [5.74, 6) is 2.06. The maximum absolute atomic E-state index is 5.49. The molecule has 0 bridgehead atoms. The number of benzene rings is 2. The summed E-state index contributed by atoms with van der Waals surface area (Å²) in [5.41, 5.74) is 3.91. The van der Waals surface area contributed by atoms with Crippen molar-refractivity contribution < 1.29 is 9.47 Å². The third-order valence-electron chi connectivity index (χ3n) is 5.90. The first kappa shape index (κ1) is 19.4. The normalized spacial score (nSPS) is 14.9. The van der Waals surface area contributed by atoms with Gasteiger partial charge in [-0.2, -0.15) is 5.10 Å². The number of pyridine rings is 1. The summed E-state index contributed by atoms with van der Waals surface area (Å²) < 4.78 is 10.9. The van der Waals surface area contributed by atoms with E-state index in [9.17, 15) is 0 Å². The first-order valence-corrected chi connectivity index (χ1v) is 10.4. The lowest BCUT2D eigenvalue weighted by Gasteiger charge is -2.34. The van der Waals surface area contributed by atoms with Crippen LogP contribution < -0.4 is 19.7 Å². The molecule has 31 heavy (non-hydrogen) atoms. The van der Waals surface area contributed by atoms with Crippen molar-refractivity contribution in [3.63, 3.8) is 0 Å². The summed E-state index contributed by atoms with van der Waals surface area (Å²) in [4.78, 5) is 9.32. The molecule has 1 saturated heterocycles. The molecular weight excluding hydrogens is 392 g/mol. The number of nitrogens with zero attached hydrogens (tertiary/aromatic N) is 4. The van der Waals surface area contributed by atoms with E-state index in [1.807, 2.05) is 12.1 Å². The number of fused-ring (bicyclic) bond motifs is 3. The number of aromatic amines is 1. The van der Waals surface area contributed by atoms with Gasteiger partial charge in [-0.3, -0.25) is 10.1 Å². The number of methoxy groups -OCH3 is 2. The van der Waals surface area contributed by atoms with Crippen LogP contribution in [0.1, 0.15) is 0 Å². The standard InChI is InChI=1S/C23H26N6O2/c1-28-8-10-29(11-9-28)16-6-4-15(5-7-16)25-23-22-17-12-20(30-2)21(31-3)13-18(17)24-14-19(22)26-27-23/h4-7,12-14H,8-11H2,1-3H3,(H2,25,26,27). The van der Waals surface area contributed by atoms with Crippen molar-refractivity contribution in [3.8, 4) is 11.5 Å². The zero-order valence-corrected chi connectivity index (χ0v) is 18.0. The van der Waals surface area contributed by atoms with Gasteiger partial charge in [0.05, 0.1) is 36.8 Å². The average Bonchev–Trinajstić information content (AvgIpc) is 3.22. The molecule has 0 saturated carbocycles. The fourth-order valence-corrected chi connectivity index (χ4v) is 4.08. The maximum Gasteiger partial charge on any atom is 0.162 e. The number of H-pyrrole nitrogens is 1. The second-order valence-electron chi connectivity index (χ2n) is 7.81. The number of likely N-dealkylation sites (N-methyl/N-ethyl adjacent to an activating group) is 1. The van der Waals surface area contributed by atoms with Crippen LogP contribution in [-0.2, 0) is 0 Å². The summed E-state index contributed by atoms with van der Waals surface area (Å²) in [7, 11) is 5.43. The van der Waals surface area contributed by atoms with E-state index in [0.717, 1.165) is 59.5 Å². The van der Waals surface area contributed by atoms with Gasteiger partial charge >= 0.3 is 0 Å². The van der Waals surface area contributed by atoms with Gasteiger partial charge in [0.15, 0.2) is 17.3 Å². The second-order valence-corrected chi connectivity index (χ2v) is 7.81. The van der Waals surface area contributed by atoms with Crippen LogP contribution >= 0.6 is 0 Å². The number of rotatable bonds is 5. The third-order valence-corrected chi connectivity index (χ3v) is 5.90. The number of hydrogen-bond donors (Lipinski definition) is 2. The highest BCUT2D eigenvalue weighted by Gasteiger charge is 2.16. The highest BCUT2D eigenvalue weighted by atomic mass is 16.5. The van der Waals surface area contributed by atoms with Crippen LogP contribution in [-0.4, -0.2) is 67.5 Å². The minimum atomic E-state index is 0.652. The van der Waals surface area contributed by atoms with Crippen molar-refractivity contribution in [2.24, 2.45) is 0 Å². The molecule has 1 aliphatic rings. The monoisotopic (exact) mass is 418 g/mol. The lowest BCUT2D eigenvalue weighted by molar-refractivity contribution is 0.313. The predicted octanol–water partition coefficient (Wildman–Crippen LogP) is 3.62. The van der Waals surface area contributed by atoms with E-state index in [2.05, 4.69) is 61.6 Å². The van der Waals surface area contributed by atoms with E-state index in [0.29, 0.717) is 11.5 Å². The van der Waals surface area contributed by atoms with E-state index in [-0.39, 0.29) is 0 Å². The number of ether oxygens (including phenoxy) is 2. The number of aromatic nitrogens is 3. The third kappa shape index (κ3) is 3.59. The highest BCUT2D eigenvalue weighted by molar-refractivity contribution is 6.11. The first-order valence-electron chi connectivity index (χ1n) is 10.4. The lowest BCUT2D eigenvalue weighted by atomic mass is 10.1. The molecule has 160 valence electrons. The second kappa shape index (κ2) is 7.96. The summed E-state index contributed by atoms with van der Waals surface area (Å²) in [5, 5.41) is 12.9. The lowest BCUT2D eigenvalue weighted by Crippen LogP contribution is -2.44. The van der Waals surface area contributed by atoms with E-state index in [4.69, 9.17) is 9.47 Å². The van der Waals surface area contributed by atoms with Crippen LogP contribution in [0.25, 0.3) is 21.8 Å². The molecule has 4 aromatic rings. The SMILES string of the molecule is COc1cc2ncc3[nH]nc(Nc4ccc(N5CCN(C)CC5)cc4)c3c2cc1OC. The summed E-state index contributed by atoms with van der Waals surface area (Å²) in [6.07, 6.45) is 1.79. The van der Waals surface area contributed by atoms with Gasteiger partial charge in [0.1, 0.15) is 0 Å². The Morgan fingerprint density at radius 2 is 1.68 bits per heavy atom. The Hall–Kier alpha value is -3.52. The van der Waals surface area contributed by atoms with Crippen LogP contribution in [0, 0.1) is 0 Å².